The van der Waals surface area contributed by atoms with Crippen LogP contribution in [0.1, 0.15) is 25.2 Å². The molecule has 78 valence electrons. The highest BCUT2D eigenvalue weighted by atomic mass is 15.2. The van der Waals surface area contributed by atoms with Crippen LogP contribution in [0.25, 0.3) is 0 Å². The number of anilines is 1. The second kappa shape index (κ2) is 4.91. The lowest BCUT2D eigenvalue weighted by Gasteiger charge is -2.19. The third-order valence-electron chi connectivity index (χ3n) is 2.15. The summed E-state index contributed by atoms with van der Waals surface area (Å²) in [5, 5.41) is 0. The van der Waals surface area contributed by atoms with Gasteiger partial charge >= 0.3 is 0 Å². The number of aryl methyl sites for hydroxylation is 1. The smallest absolute Gasteiger partial charge is 0.225 e. The number of aromatic nitrogens is 2. The van der Waals surface area contributed by atoms with Crippen molar-refractivity contribution in [3.05, 3.63) is 17.5 Å². The van der Waals surface area contributed by atoms with E-state index in [-0.39, 0.29) is 0 Å². The molecule has 0 aliphatic carbocycles. The van der Waals surface area contributed by atoms with Crippen molar-refractivity contribution in [2.75, 3.05) is 18.0 Å². The molecule has 4 heteroatoms. The van der Waals surface area contributed by atoms with Crippen LogP contribution in [0.15, 0.2) is 6.07 Å². The predicted octanol–water partition coefficient (Wildman–Crippen LogP) is 1.09. The zero-order valence-electron chi connectivity index (χ0n) is 9.12. The summed E-state index contributed by atoms with van der Waals surface area (Å²) in [6.07, 6.45) is 0. The maximum Gasteiger partial charge on any atom is 0.225 e. The lowest BCUT2D eigenvalue weighted by Crippen LogP contribution is -2.25. The van der Waals surface area contributed by atoms with Gasteiger partial charge in [-0.05, 0) is 26.8 Å². The SMILES string of the molecule is CCN(CC)c1nc(C)cc(CN)n1. The third kappa shape index (κ3) is 2.42. The van der Waals surface area contributed by atoms with E-state index < -0.39 is 0 Å². The van der Waals surface area contributed by atoms with Gasteiger partial charge in [0.15, 0.2) is 0 Å². The van der Waals surface area contributed by atoms with Crippen LogP contribution in [-0.4, -0.2) is 23.1 Å². The molecule has 0 spiro atoms. The van der Waals surface area contributed by atoms with Crippen molar-refractivity contribution in [3.8, 4) is 0 Å². The van der Waals surface area contributed by atoms with Gasteiger partial charge in [-0.15, -0.1) is 0 Å². The number of rotatable bonds is 4. The highest BCUT2D eigenvalue weighted by Crippen LogP contribution is 2.09. The number of nitrogens with two attached hydrogens (primary N) is 1. The van der Waals surface area contributed by atoms with Gasteiger partial charge in [0.05, 0.1) is 5.69 Å². The molecule has 0 aromatic carbocycles. The van der Waals surface area contributed by atoms with Gasteiger partial charge in [-0.25, -0.2) is 9.97 Å². The van der Waals surface area contributed by atoms with Gasteiger partial charge in [0.2, 0.25) is 5.95 Å². The number of nitrogens with zero attached hydrogens (tertiary/aromatic N) is 3. The van der Waals surface area contributed by atoms with Gasteiger partial charge in [0.25, 0.3) is 0 Å². The van der Waals surface area contributed by atoms with Gasteiger partial charge in [-0.2, -0.15) is 0 Å². The molecule has 0 saturated carbocycles. The normalized spacial score (nSPS) is 10.3. The molecule has 0 atom stereocenters. The van der Waals surface area contributed by atoms with Gasteiger partial charge in [-0.1, -0.05) is 0 Å². The van der Waals surface area contributed by atoms with E-state index in [2.05, 4.69) is 28.7 Å². The standard InChI is InChI=1S/C10H18N4/c1-4-14(5-2)10-12-8(3)6-9(7-11)13-10/h6H,4-5,7,11H2,1-3H3. The summed E-state index contributed by atoms with van der Waals surface area (Å²) >= 11 is 0. The van der Waals surface area contributed by atoms with E-state index in [1.807, 2.05) is 13.0 Å². The van der Waals surface area contributed by atoms with Crippen molar-refractivity contribution >= 4 is 5.95 Å². The third-order valence-corrected chi connectivity index (χ3v) is 2.15. The van der Waals surface area contributed by atoms with E-state index in [0.717, 1.165) is 30.4 Å². The topological polar surface area (TPSA) is 55.0 Å². The van der Waals surface area contributed by atoms with Crippen LogP contribution in [0.2, 0.25) is 0 Å². The Labute approximate surface area is 85.2 Å². The summed E-state index contributed by atoms with van der Waals surface area (Å²) in [5.41, 5.74) is 7.44. The first-order chi connectivity index (χ1) is 6.71. The van der Waals surface area contributed by atoms with Crippen LogP contribution < -0.4 is 10.6 Å². The Hall–Kier alpha value is -1.16. The lowest BCUT2D eigenvalue weighted by atomic mass is 10.3. The van der Waals surface area contributed by atoms with E-state index in [1.165, 1.54) is 0 Å². The van der Waals surface area contributed by atoms with Crippen LogP contribution >= 0.6 is 0 Å². The molecule has 0 saturated heterocycles. The summed E-state index contributed by atoms with van der Waals surface area (Å²) in [7, 11) is 0. The lowest BCUT2D eigenvalue weighted by molar-refractivity contribution is 0.801. The summed E-state index contributed by atoms with van der Waals surface area (Å²) in [6.45, 7) is 8.47. The molecule has 0 aliphatic rings. The van der Waals surface area contributed by atoms with Crippen LogP contribution in [0.4, 0.5) is 5.95 Å². The first-order valence-corrected chi connectivity index (χ1v) is 5.00. The highest BCUT2D eigenvalue weighted by Gasteiger charge is 2.06. The zero-order valence-corrected chi connectivity index (χ0v) is 9.12. The summed E-state index contributed by atoms with van der Waals surface area (Å²) in [4.78, 5) is 10.9. The Kier molecular flexibility index (Phi) is 3.83. The fourth-order valence-electron chi connectivity index (χ4n) is 1.37. The Morgan fingerprint density at radius 1 is 1.29 bits per heavy atom. The molecule has 1 aromatic rings. The largest absolute Gasteiger partial charge is 0.341 e. The second-order valence-electron chi connectivity index (χ2n) is 3.18. The molecular weight excluding hydrogens is 176 g/mol. The summed E-state index contributed by atoms with van der Waals surface area (Å²) < 4.78 is 0. The summed E-state index contributed by atoms with van der Waals surface area (Å²) in [5.74, 6) is 0.787. The molecular formula is C10H18N4. The molecule has 1 heterocycles. The molecule has 4 nitrogen and oxygen atoms in total. The van der Waals surface area contributed by atoms with Crippen LogP contribution in [0, 0.1) is 6.92 Å². The molecule has 0 bridgehead atoms. The summed E-state index contributed by atoms with van der Waals surface area (Å²) in [6, 6.07) is 1.92. The molecule has 1 aromatic heterocycles. The van der Waals surface area contributed by atoms with E-state index in [4.69, 9.17) is 5.73 Å². The molecule has 1 rings (SSSR count). The number of hydrogen-bond donors (Lipinski definition) is 1. The van der Waals surface area contributed by atoms with Crippen molar-refractivity contribution in [3.63, 3.8) is 0 Å². The quantitative estimate of drug-likeness (QED) is 0.779. The zero-order chi connectivity index (χ0) is 10.6. The average molecular weight is 194 g/mol. The Morgan fingerprint density at radius 3 is 2.43 bits per heavy atom. The van der Waals surface area contributed by atoms with Crippen molar-refractivity contribution in [2.45, 2.75) is 27.3 Å². The van der Waals surface area contributed by atoms with E-state index in [1.54, 1.807) is 0 Å². The molecule has 0 unspecified atom stereocenters. The van der Waals surface area contributed by atoms with Gasteiger partial charge in [0.1, 0.15) is 0 Å². The minimum atomic E-state index is 0.470. The fraction of sp³-hybridized carbons (Fsp3) is 0.600. The number of hydrogen-bond acceptors (Lipinski definition) is 4. The minimum Gasteiger partial charge on any atom is -0.341 e. The van der Waals surface area contributed by atoms with Crippen molar-refractivity contribution in [1.82, 2.24) is 9.97 Å². The monoisotopic (exact) mass is 194 g/mol. The van der Waals surface area contributed by atoms with E-state index in [9.17, 15) is 0 Å². The van der Waals surface area contributed by atoms with Gasteiger partial charge in [0, 0.05) is 25.3 Å². The van der Waals surface area contributed by atoms with Gasteiger partial charge < -0.3 is 10.6 Å². The molecule has 0 fully saturated rings. The van der Waals surface area contributed by atoms with Crippen LogP contribution in [-0.2, 0) is 6.54 Å². The molecule has 0 aliphatic heterocycles. The maximum absolute atomic E-state index is 5.56. The molecule has 2 N–H and O–H groups in total. The van der Waals surface area contributed by atoms with Crippen LogP contribution in [0.3, 0.4) is 0 Å². The van der Waals surface area contributed by atoms with Crippen molar-refractivity contribution in [2.24, 2.45) is 5.73 Å². The molecule has 14 heavy (non-hydrogen) atoms. The second-order valence-corrected chi connectivity index (χ2v) is 3.18. The van der Waals surface area contributed by atoms with Crippen molar-refractivity contribution < 1.29 is 0 Å². The van der Waals surface area contributed by atoms with Gasteiger partial charge in [-0.3, -0.25) is 0 Å². The highest BCUT2D eigenvalue weighted by molar-refractivity contribution is 5.31. The maximum atomic E-state index is 5.56. The Balaban J connectivity index is 3.01. The van der Waals surface area contributed by atoms with E-state index >= 15 is 0 Å². The average Bonchev–Trinajstić information content (AvgIpc) is 2.19. The van der Waals surface area contributed by atoms with Crippen molar-refractivity contribution in [1.29, 1.82) is 0 Å². The molecule has 0 amide bonds. The Morgan fingerprint density at radius 2 is 1.93 bits per heavy atom. The minimum absolute atomic E-state index is 0.470. The Bertz CT molecular complexity index is 294. The predicted molar refractivity (Wildman–Crippen MR) is 58.2 cm³/mol. The van der Waals surface area contributed by atoms with E-state index in [0.29, 0.717) is 6.54 Å². The molecule has 0 radical (unpaired) electrons. The first kappa shape index (κ1) is 10.9. The van der Waals surface area contributed by atoms with Crippen LogP contribution in [0.5, 0.6) is 0 Å². The fourth-order valence-corrected chi connectivity index (χ4v) is 1.37. The first-order valence-electron chi connectivity index (χ1n) is 5.00.